The quantitative estimate of drug-likeness (QED) is 0.844. The van der Waals surface area contributed by atoms with Crippen molar-refractivity contribution in [1.29, 1.82) is 0 Å². The van der Waals surface area contributed by atoms with E-state index in [9.17, 15) is 0 Å². The molecule has 2 nitrogen and oxygen atoms in total. The van der Waals surface area contributed by atoms with Gasteiger partial charge in [-0.15, -0.1) is 11.3 Å². The first-order valence-electron chi connectivity index (χ1n) is 5.77. The van der Waals surface area contributed by atoms with Gasteiger partial charge in [-0.25, -0.2) is 0 Å². The van der Waals surface area contributed by atoms with Crippen LogP contribution in [0.2, 0.25) is 0 Å². The molecule has 0 aliphatic carbocycles. The van der Waals surface area contributed by atoms with Crippen molar-refractivity contribution in [2.24, 2.45) is 5.92 Å². The predicted octanol–water partition coefficient (Wildman–Crippen LogP) is 2.35. The van der Waals surface area contributed by atoms with Gasteiger partial charge in [0.15, 0.2) is 0 Å². The molecule has 15 heavy (non-hydrogen) atoms. The van der Waals surface area contributed by atoms with E-state index in [0.717, 1.165) is 19.0 Å². The van der Waals surface area contributed by atoms with Gasteiger partial charge in [0.1, 0.15) is 0 Å². The smallest absolute Gasteiger partial charge is 0.0479 e. The first-order valence-corrected chi connectivity index (χ1v) is 6.65. The van der Waals surface area contributed by atoms with E-state index in [2.05, 4.69) is 41.7 Å². The molecule has 1 fully saturated rings. The standard InChI is InChI=1S/C12H20N2S/c1-3-13-9-10-6-7-14(2)12(10)11-5-4-8-15-11/h4-5,8,10,12-13H,3,6-7,9H2,1-2H3. The Morgan fingerprint density at radius 2 is 2.47 bits per heavy atom. The number of nitrogens with one attached hydrogen (secondary N) is 1. The zero-order valence-electron chi connectivity index (χ0n) is 9.57. The van der Waals surface area contributed by atoms with E-state index in [0.29, 0.717) is 6.04 Å². The normalized spacial score (nSPS) is 27.3. The highest BCUT2D eigenvalue weighted by Crippen LogP contribution is 2.37. The molecular weight excluding hydrogens is 204 g/mol. The van der Waals surface area contributed by atoms with E-state index >= 15 is 0 Å². The van der Waals surface area contributed by atoms with Crippen molar-refractivity contribution < 1.29 is 0 Å². The molecule has 0 aromatic carbocycles. The topological polar surface area (TPSA) is 15.3 Å². The second kappa shape index (κ2) is 5.10. The highest BCUT2D eigenvalue weighted by atomic mass is 32.1. The summed E-state index contributed by atoms with van der Waals surface area (Å²) in [5.41, 5.74) is 0. The largest absolute Gasteiger partial charge is 0.317 e. The first-order chi connectivity index (χ1) is 7.33. The Bertz CT molecular complexity index is 284. The minimum atomic E-state index is 0.643. The van der Waals surface area contributed by atoms with E-state index in [1.54, 1.807) is 0 Å². The van der Waals surface area contributed by atoms with Crippen LogP contribution < -0.4 is 5.32 Å². The predicted molar refractivity (Wildman–Crippen MR) is 66.3 cm³/mol. The lowest BCUT2D eigenvalue weighted by Gasteiger charge is -2.24. The second-order valence-electron chi connectivity index (χ2n) is 4.30. The van der Waals surface area contributed by atoms with Crippen LogP contribution in [0, 0.1) is 5.92 Å². The van der Waals surface area contributed by atoms with Crippen LogP contribution in [0.5, 0.6) is 0 Å². The van der Waals surface area contributed by atoms with Gasteiger partial charge in [0.05, 0.1) is 0 Å². The first kappa shape index (κ1) is 11.1. The minimum absolute atomic E-state index is 0.643. The third-order valence-electron chi connectivity index (χ3n) is 3.27. The van der Waals surface area contributed by atoms with Gasteiger partial charge in [-0.1, -0.05) is 13.0 Å². The lowest BCUT2D eigenvalue weighted by molar-refractivity contribution is 0.277. The lowest BCUT2D eigenvalue weighted by Crippen LogP contribution is -2.27. The van der Waals surface area contributed by atoms with Gasteiger partial charge in [0.2, 0.25) is 0 Å². The maximum atomic E-state index is 3.48. The van der Waals surface area contributed by atoms with Crippen LogP contribution in [0.4, 0.5) is 0 Å². The van der Waals surface area contributed by atoms with Crippen molar-refractivity contribution in [1.82, 2.24) is 10.2 Å². The summed E-state index contributed by atoms with van der Waals surface area (Å²) in [6.07, 6.45) is 1.33. The Morgan fingerprint density at radius 1 is 1.60 bits per heavy atom. The molecule has 1 aromatic heterocycles. The van der Waals surface area contributed by atoms with Crippen molar-refractivity contribution in [3.05, 3.63) is 22.4 Å². The van der Waals surface area contributed by atoms with E-state index < -0.39 is 0 Å². The molecule has 3 heteroatoms. The van der Waals surface area contributed by atoms with Gasteiger partial charge < -0.3 is 5.32 Å². The molecule has 2 heterocycles. The summed E-state index contributed by atoms with van der Waals surface area (Å²) in [7, 11) is 2.25. The molecule has 1 aliphatic rings. The maximum absolute atomic E-state index is 3.48. The molecule has 0 amide bonds. The third kappa shape index (κ3) is 2.41. The zero-order valence-corrected chi connectivity index (χ0v) is 10.4. The molecule has 84 valence electrons. The number of hydrogen-bond acceptors (Lipinski definition) is 3. The highest BCUT2D eigenvalue weighted by Gasteiger charge is 2.32. The fourth-order valence-electron chi connectivity index (χ4n) is 2.48. The van der Waals surface area contributed by atoms with Crippen molar-refractivity contribution >= 4 is 11.3 Å². The fraction of sp³-hybridized carbons (Fsp3) is 0.667. The lowest BCUT2D eigenvalue weighted by atomic mass is 9.99. The van der Waals surface area contributed by atoms with E-state index in [1.807, 2.05) is 11.3 Å². The molecule has 2 unspecified atom stereocenters. The molecule has 1 aromatic rings. The van der Waals surface area contributed by atoms with Crippen LogP contribution in [-0.4, -0.2) is 31.6 Å². The summed E-state index contributed by atoms with van der Waals surface area (Å²) in [6.45, 7) is 5.65. The van der Waals surface area contributed by atoms with Crippen LogP contribution in [0.15, 0.2) is 17.5 Å². The molecule has 0 bridgehead atoms. The average Bonchev–Trinajstić information content (AvgIpc) is 2.84. The zero-order chi connectivity index (χ0) is 10.7. The number of rotatable bonds is 4. The van der Waals surface area contributed by atoms with Crippen LogP contribution in [0.3, 0.4) is 0 Å². The maximum Gasteiger partial charge on any atom is 0.0479 e. The molecular formula is C12H20N2S. The van der Waals surface area contributed by atoms with Gasteiger partial charge >= 0.3 is 0 Å². The highest BCUT2D eigenvalue weighted by molar-refractivity contribution is 7.10. The van der Waals surface area contributed by atoms with Crippen LogP contribution in [0.25, 0.3) is 0 Å². The van der Waals surface area contributed by atoms with Gasteiger partial charge in [-0.05, 0) is 50.5 Å². The van der Waals surface area contributed by atoms with E-state index in [4.69, 9.17) is 0 Å². The van der Waals surface area contributed by atoms with Gasteiger partial charge in [0, 0.05) is 10.9 Å². The summed E-state index contributed by atoms with van der Waals surface area (Å²) in [5.74, 6) is 0.786. The minimum Gasteiger partial charge on any atom is -0.317 e. The van der Waals surface area contributed by atoms with Crippen molar-refractivity contribution in [3.63, 3.8) is 0 Å². The Morgan fingerprint density at radius 3 is 3.13 bits per heavy atom. The molecule has 1 saturated heterocycles. The van der Waals surface area contributed by atoms with Crippen LogP contribution >= 0.6 is 11.3 Å². The third-order valence-corrected chi connectivity index (χ3v) is 4.21. The number of thiophene rings is 1. The number of hydrogen-bond donors (Lipinski definition) is 1. The summed E-state index contributed by atoms with van der Waals surface area (Å²) in [6, 6.07) is 5.08. The SMILES string of the molecule is CCNCC1CCN(C)C1c1cccs1. The Kier molecular flexibility index (Phi) is 3.78. The number of likely N-dealkylation sites (tertiary alicyclic amines) is 1. The van der Waals surface area contributed by atoms with Gasteiger partial charge in [-0.2, -0.15) is 0 Å². The number of nitrogens with zero attached hydrogens (tertiary/aromatic N) is 1. The summed E-state index contributed by atoms with van der Waals surface area (Å²) in [5, 5.41) is 5.67. The van der Waals surface area contributed by atoms with E-state index in [-0.39, 0.29) is 0 Å². The molecule has 1 N–H and O–H groups in total. The summed E-state index contributed by atoms with van der Waals surface area (Å²) in [4.78, 5) is 4.02. The summed E-state index contributed by atoms with van der Waals surface area (Å²) < 4.78 is 0. The molecule has 1 aliphatic heterocycles. The van der Waals surface area contributed by atoms with Gasteiger partial charge in [0.25, 0.3) is 0 Å². The second-order valence-corrected chi connectivity index (χ2v) is 5.28. The Hall–Kier alpha value is -0.380. The average molecular weight is 224 g/mol. The fourth-order valence-corrected chi connectivity index (χ4v) is 3.46. The van der Waals surface area contributed by atoms with E-state index in [1.165, 1.54) is 17.8 Å². The van der Waals surface area contributed by atoms with Crippen LogP contribution in [0.1, 0.15) is 24.3 Å². The van der Waals surface area contributed by atoms with Crippen molar-refractivity contribution in [2.45, 2.75) is 19.4 Å². The molecule has 0 saturated carbocycles. The van der Waals surface area contributed by atoms with Gasteiger partial charge in [-0.3, -0.25) is 4.90 Å². The van der Waals surface area contributed by atoms with Crippen molar-refractivity contribution in [2.75, 3.05) is 26.7 Å². The Labute approximate surface area is 96.3 Å². The molecule has 2 rings (SSSR count). The Balaban J connectivity index is 2.05. The molecule has 0 spiro atoms. The van der Waals surface area contributed by atoms with Crippen LogP contribution in [-0.2, 0) is 0 Å². The molecule has 2 atom stereocenters. The van der Waals surface area contributed by atoms with Crippen molar-refractivity contribution in [3.8, 4) is 0 Å². The molecule has 0 radical (unpaired) electrons. The monoisotopic (exact) mass is 224 g/mol. The summed E-state index contributed by atoms with van der Waals surface area (Å²) >= 11 is 1.89.